The zero-order valence-corrected chi connectivity index (χ0v) is 13.4. The Hall–Kier alpha value is -1.80. The van der Waals surface area contributed by atoms with E-state index in [1.54, 1.807) is 18.2 Å². The molecular formula is C18H20ClNO. The van der Waals surface area contributed by atoms with Gasteiger partial charge in [0.15, 0.2) is 5.78 Å². The van der Waals surface area contributed by atoms with Crippen molar-refractivity contribution in [3.63, 3.8) is 0 Å². The molecule has 0 aliphatic rings. The van der Waals surface area contributed by atoms with E-state index in [-0.39, 0.29) is 11.2 Å². The van der Waals surface area contributed by atoms with Gasteiger partial charge >= 0.3 is 0 Å². The van der Waals surface area contributed by atoms with Crippen LogP contribution < -0.4 is 5.73 Å². The monoisotopic (exact) mass is 301 g/mol. The third-order valence-corrected chi connectivity index (χ3v) is 4.36. The van der Waals surface area contributed by atoms with E-state index >= 15 is 0 Å². The summed E-state index contributed by atoms with van der Waals surface area (Å²) in [4.78, 5) is 12.5. The van der Waals surface area contributed by atoms with Crippen molar-refractivity contribution in [2.45, 2.75) is 32.6 Å². The number of hydrogen-bond donors (Lipinski definition) is 1. The fraction of sp³-hybridized carbons (Fsp3) is 0.278. The normalized spacial score (nSPS) is 11.4. The molecule has 0 fully saturated rings. The molecule has 0 saturated heterocycles. The van der Waals surface area contributed by atoms with Gasteiger partial charge in [-0.2, -0.15) is 0 Å². The average Bonchev–Trinajstić information content (AvgIpc) is 2.47. The van der Waals surface area contributed by atoms with Crippen LogP contribution in [0, 0.1) is 0 Å². The molecule has 0 heterocycles. The van der Waals surface area contributed by atoms with E-state index in [2.05, 4.69) is 20.8 Å². The second-order valence-electron chi connectivity index (χ2n) is 5.88. The number of rotatable bonds is 4. The number of carbonyl (C=O) groups excluding carboxylic acids is 1. The van der Waals surface area contributed by atoms with E-state index in [4.69, 9.17) is 17.3 Å². The highest BCUT2D eigenvalue weighted by atomic mass is 35.5. The SMILES string of the molecule is CCC(C)(C)c1ccc(C(=O)c2ccc(N)cc2Cl)cc1. The number of nitrogen functional groups attached to an aromatic ring is 1. The largest absolute Gasteiger partial charge is 0.399 e. The van der Waals surface area contributed by atoms with Gasteiger partial charge in [-0.05, 0) is 35.6 Å². The van der Waals surface area contributed by atoms with E-state index in [0.29, 0.717) is 21.8 Å². The van der Waals surface area contributed by atoms with Crippen molar-refractivity contribution >= 4 is 23.1 Å². The fourth-order valence-corrected chi connectivity index (χ4v) is 2.42. The summed E-state index contributed by atoms with van der Waals surface area (Å²) in [6.45, 7) is 6.55. The first kappa shape index (κ1) is 15.6. The molecule has 2 rings (SSSR count). The van der Waals surface area contributed by atoms with Crippen molar-refractivity contribution in [1.82, 2.24) is 0 Å². The lowest BCUT2D eigenvalue weighted by Crippen LogP contribution is -2.15. The van der Waals surface area contributed by atoms with Crippen molar-refractivity contribution in [1.29, 1.82) is 0 Å². The lowest BCUT2D eigenvalue weighted by molar-refractivity contribution is 0.103. The standard InChI is InChI=1S/C18H20ClNO/c1-4-18(2,3)13-7-5-12(6-8-13)17(21)15-10-9-14(20)11-16(15)19/h5-11H,4,20H2,1-3H3. The van der Waals surface area contributed by atoms with Gasteiger partial charge in [0.25, 0.3) is 0 Å². The first-order valence-electron chi connectivity index (χ1n) is 7.05. The van der Waals surface area contributed by atoms with Gasteiger partial charge in [0, 0.05) is 16.8 Å². The molecule has 0 aliphatic heterocycles. The summed E-state index contributed by atoms with van der Waals surface area (Å²) in [5, 5.41) is 0.387. The van der Waals surface area contributed by atoms with Crippen LogP contribution in [0.2, 0.25) is 5.02 Å². The van der Waals surface area contributed by atoms with E-state index < -0.39 is 0 Å². The summed E-state index contributed by atoms with van der Waals surface area (Å²) in [6.07, 6.45) is 1.05. The second kappa shape index (κ2) is 5.90. The first-order valence-corrected chi connectivity index (χ1v) is 7.43. The molecule has 110 valence electrons. The van der Waals surface area contributed by atoms with E-state index in [1.807, 2.05) is 24.3 Å². The Bertz CT molecular complexity index is 659. The highest BCUT2D eigenvalue weighted by Gasteiger charge is 2.19. The van der Waals surface area contributed by atoms with Crippen LogP contribution >= 0.6 is 11.6 Å². The number of carbonyl (C=O) groups is 1. The molecule has 2 N–H and O–H groups in total. The number of hydrogen-bond acceptors (Lipinski definition) is 2. The maximum Gasteiger partial charge on any atom is 0.194 e. The van der Waals surface area contributed by atoms with Crippen molar-refractivity contribution in [3.05, 3.63) is 64.2 Å². The Morgan fingerprint density at radius 1 is 1.14 bits per heavy atom. The maximum atomic E-state index is 12.5. The van der Waals surface area contributed by atoms with Crippen LogP contribution in [0.15, 0.2) is 42.5 Å². The Morgan fingerprint density at radius 3 is 2.29 bits per heavy atom. The molecule has 2 aromatic rings. The van der Waals surface area contributed by atoms with Gasteiger partial charge in [0.2, 0.25) is 0 Å². The molecule has 21 heavy (non-hydrogen) atoms. The second-order valence-corrected chi connectivity index (χ2v) is 6.29. The highest BCUT2D eigenvalue weighted by molar-refractivity contribution is 6.35. The van der Waals surface area contributed by atoms with E-state index in [9.17, 15) is 4.79 Å². The lowest BCUT2D eigenvalue weighted by atomic mass is 9.82. The predicted octanol–water partition coefficient (Wildman–Crippen LogP) is 4.84. The molecule has 0 unspecified atom stereocenters. The minimum atomic E-state index is -0.0825. The summed E-state index contributed by atoms with van der Waals surface area (Å²) in [5.74, 6) is -0.0825. The Balaban J connectivity index is 2.32. The van der Waals surface area contributed by atoms with Crippen molar-refractivity contribution in [3.8, 4) is 0 Å². The van der Waals surface area contributed by atoms with Gasteiger partial charge in [0.05, 0.1) is 5.02 Å². The van der Waals surface area contributed by atoms with Crippen molar-refractivity contribution in [2.24, 2.45) is 0 Å². The molecule has 0 aliphatic carbocycles. The Kier molecular flexibility index (Phi) is 4.38. The van der Waals surface area contributed by atoms with Gasteiger partial charge < -0.3 is 5.73 Å². The summed E-state index contributed by atoms with van der Waals surface area (Å²) in [6, 6.07) is 12.7. The molecule has 0 bridgehead atoms. The van der Waals surface area contributed by atoms with Gasteiger partial charge in [0.1, 0.15) is 0 Å². The van der Waals surface area contributed by atoms with Crippen LogP contribution in [-0.2, 0) is 5.41 Å². The Labute approximate surface area is 130 Å². The summed E-state index contributed by atoms with van der Waals surface area (Å²) in [5.41, 5.74) is 8.66. The van der Waals surface area contributed by atoms with Gasteiger partial charge in [-0.3, -0.25) is 4.79 Å². The molecule has 2 nitrogen and oxygen atoms in total. The molecule has 0 atom stereocenters. The molecule has 0 spiro atoms. The number of halogens is 1. The number of benzene rings is 2. The predicted molar refractivity (Wildman–Crippen MR) is 89.1 cm³/mol. The maximum absolute atomic E-state index is 12.5. The van der Waals surface area contributed by atoms with Gasteiger partial charge in [-0.1, -0.05) is 56.6 Å². The van der Waals surface area contributed by atoms with Crippen LogP contribution in [0.1, 0.15) is 48.7 Å². The molecule has 0 aromatic heterocycles. The molecule has 0 saturated carbocycles. The van der Waals surface area contributed by atoms with E-state index in [1.165, 1.54) is 5.56 Å². The minimum Gasteiger partial charge on any atom is -0.399 e. The zero-order chi connectivity index (χ0) is 15.6. The number of anilines is 1. The molecule has 0 radical (unpaired) electrons. The van der Waals surface area contributed by atoms with Crippen LogP contribution in [-0.4, -0.2) is 5.78 Å². The number of ketones is 1. The number of nitrogens with two attached hydrogens (primary N) is 1. The zero-order valence-electron chi connectivity index (χ0n) is 12.6. The first-order chi connectivity index (χ1) is 9.85. The van der Waals surface area contributed by atoms with Crippen LogP contribution in [0.3, 0.4) is 0 Å². The molecular weight excluding hydrogens is 282 g/mol. The topological polar surface area (TPSA) is 43.1 Å². The summed E-state index contributed by atoms with van der Waals surface area (Å²) < 4.78 is 0. The third-order valence-electron chi connectivity index (χ3n) is 4.05. The average molecular weight is 302 g/mol. The van der Waals surface area contributed by atoms with Crippen LogP contribution in [0.4, 0.5) is 5.69 Å². The van der Waals surface area contributed by atoms with Crippen LogP contribution in [0.25, 0.3) is 0 Å². The Morgan fingerprint density at radius 2 is 1.76 bits per heavy atom. The van der Waals surface area contributed by atoms with Crippen LogP contribution in [0.5, 0.6) is 0 Å². The highest BCUT2D eigenvalue weighted by Crippen LogP contribution is 2.28. The van der Waals surface area contributed by atoms with Crippen molar-refractivity contribution in [2.75, 3.05) is 5.73 Å². The fourth-order valence-electron chi connectivity index (χ4n) is 2.15. The van der Waals surface area contributed by atoms with E-state index in [0.717, 1.165) is 6.42 Å². The lowest BCUT2D eigenvalue weighted by Gasteiger charge is -2.23. The third kappa shape index (κ3) is 3.27. The summed E-state index contributed by atoms with van der Waals surface area (Å²) in [7, 11) is 0. The minimum absolute atomic E-state index is 0.0825. The molecule has 3 heteroatoms. The smallest absolute Gasteiger partial charge is 0.194 e. The summed E-state index contributed by atoms with van der Waals surface area (Å²) >= 11 is 6.10. The van der Waals surface area contributed by atoms with Gasteiger partial charge in [-0.25, -0.2) is 0 Å². The molecule has 0 amide bonds. The molecule has 2 aromatic carbocycles. The van der Waals surface area contributed by atoms with Gasteiger partial charge in [-0.15, -0.1) is 0 Å². The quantitative estimate of drug-likeness (QED) is 0.648. The van der Waals surface area contributed by atoms with Crippen molar-refractivity contribution < 1.29 is 4.79 Å².